The number of carbonyl (C=O) groups is 3. The number of aliphatic hydroxyl groups excluding tert-OH is 1. The second-order valence-corrected chi connectivity index (χ2v) is 11.8. The number of carbonyl (C=O) groups excluding carboxylic acids is 3. The van der Waals surface area contributed by atoms with E-state index in [1.165, 1.54) is 16.2 Å². The number of ketones is 1. The smallest absolute Gasteiger partial charge is 0.310 e. The molecule has 1 aliphatic rings. The number of anilines is 1. The molecule has 4 rings (SSSR count). The van der Waals surface area contributed by atoms with Crippen LogP contribution in [0, 0.1) is 6.92 Å². The van der Waals surface area contributed by atoms with E-state index >= 15 is 0 Å². The molecule has 3 aromatic rings. The lowest BCUT2D eigenvalue weighted by Gasteiger charge is -2.25. The topological polar surface area (TPSA) is 83.9 Å². The highest BCUT2D eigenvalue weighted by Crippen LogP contribution is 2.44. The van der Waals surface area contributed by atoms with Crippen LogP contribution < -0.4 is 4.90 Å². The maximum Gasteiger partial charge on any atom is 0.310 e. The molecule has 1 N–H and O–H groups in total. The van der Waals surface area contributed by atoms with E-state index in [4.69, 9.17) is 4.74 Å². The van der Waals surface area contributed by atoms with Crippen molar-refractivity contribution < 1.29 is 24.2 Å². The molecule has 7 heteroatoms. The molecule has 1 amide bonds. The summed E-state index contributed by atoms with van der Waals surface area (Å²) in [4.78, 5) is 41.1. The maximum atomic E-state index is 13.5. The molecule has 6 nitrogen and oxygen atoms in total. The first-order valence-corrected chi connectivity index (χ1v) is 13.5. The summed E-state index contributed by atoms with van der Waals surface area (Å²) < 4.78 is 5.22. The Morgan fingerprint density at radius 1 is 1.08 bits per heavy atom. The summed E-state index contributed by atoms with van der Waals surface area (Å²) >= 11 is 1.42. The number of aliphatic hydroxyl groups is 1. The van der Waals surface area contributed by atoms with Crippen LogP contribution in [0.1, 0.15) is 67.8 Å². The van der Waals surface area contributed by atoms with Crippen LogP contribution in [0.15, 0.2) is 65.6 Å². The number of ether oxygens (including phenoxy) is 1. The van der Waals surface area contributed by atoms with E-state index in [0.29, 0.717) is 11.3 Å². The fourth-order valence-corrected chi connectivity index (χ4v) is 5.37. The highest BCUT2D eigenvalue weighted by molar-refractivity contribution is 7.10. The number of hydrogen-bond acceptors (Lipinski definition) is 6. The number of esters is 1. The van der Waals surface area contributed by atoms with Crippen LogP contribution >= 0.6 is 11.3 Å². The van der Waals surface area contributed by atoms with Crippen molar-refractivity contribution in [3.63, 3.8) is 0 Å². The average Bonchev–Trinajstić information content (AvgIpc) is 3.45. The van der Waals surface area contributed by atoms with E-state index < -0.39 is 17.7 Å². The molecule has 1 saturated heterocycles. The number of aryl methyl sites for hydroxylation is 1. The predicted molar refractivity (Wildman–Crippen MR) is 150 cm³/mol. The number of Topliss-reactive ketones (excluding diaryl/α,β-unsaturated/α-hetero) is 1. The molecule has 1 aromatic heterocycles. The van der Waals surface area contributed by atoms with Gasteiger partial charge in [0.1, 0.15) is 11.8 Å². The van der Waals surface area contributed by atoms with Gasteiger partial charge in [-0.25, -0.2) is 0 Å². The second kappa shape index (κ2) is 10.6. The number of nitrogens with zero attached hydrogens (tertiary/aromatic N) is 1. The van der Waals surface area contributed by atoms with Gasteiger partial charge in [0.15, 0.2) is 0 Å². The monoisotopic (exact) mass is 531 g/mol. The van der Waals surface area contributed by atoms with Gasteiger partial charge in [0.2, 0.25) is 0 Å². The summed E-state index contributed by atoms with van der Waals surface area (Å²) in [7, 11) is 0. The van der Waals surface area contributed by atoms with Gasteiger partial charge in [0.25, 0.3) is 11.7 Å². The molecule has 2 heterocycles. The number of benzene rings is 2. The lowest BCUT2D eigenvalue weighted by atomic mass is 9.84. The zero-order chi connectivity index (χ0) is 27.8. The van der Waals surface area contributed by atoms with Gasteiger partial charge in [-0.1, -0.05) is 51.1 Å². The van der Waals surface area contributed by atoms with Crippen LogP contribution in [0.3, 0.4) is 0 Å². The second-order valence-electron chi connectivity index (χ2n) is 10.8. The highest BCUT2D eigenvalue weighted by Gasteiger charge is 2.47. The quantitative estimate of drug-likeness (QED) is 0.170. The van der Waals surface area contributed by atoms with Crippen molar-refractivity contribution in [2.75, 3.05) is 4.90 Å². The van der Waals surface area contributed by atoms with Crippen LogP contribution in [0.4, 0.5) is 5.69 Å². The molecule has 0 radical (unpaired) electrons. The molecule has 1 unspecified atom stereocenters. The van der Waals surface area contributed by atoms with Crippen molar-refractivity contribution in [2.45, 2.75) is 65.5 Å². The zero-order valence-electron chi connectivity index (χ0n) is 22.6. The molecule has 1 fully saturated rings. The van der Waals surface area contributed by atoms with E-state index in [2.05, 4.69) is 20.8 Å². The minimum absolute atomic E-state index is 0.0659. The standard InChI is InChI=1S/C31H33NO5S/c1-18(2)37-25(33)16-20-10-13-22(14-11-20)32-27(24-8-7-15-38-24)26(29(35)30(32)36)28(34)23-17-21(31(4,5)6)12-9-19(23)3/h7-15,17-18,27,34H,16H2,1-6H3/b28-26+. The normalized spacial score (nSPS) is 17.3. The Hall–Kier alpha value is -3.71. The summed E-state index contributed by atoms with van der Waals surface area (Å²) in [6.07, 6.45) is -0.0955. The third-order valence-corrected chi connectivity index (χ3v) is 7.47. The molecule has 1 aliphatic heterocycles. The minimum Gasteiger partial charge on any atom is -0.507 e. The number of hydrogen-bond donors (Lipinski definition) is 1. The fourth-order valence-electron chi connectivity index (χ4n) is 4.55. The third-order valence-electron chi connectivity index (χ3n) is 6.55. The zero-order valence-corrected chi connectivity index (χ0v) is 23.4. The Morgan fingerprint density at radius 3 is 2.34 bits per heavy atom. The third kappa shape index (κ3) is 5.43. The molecular weight excluding hydrogens is 498 g/mol. The van der Waals surface area contributed by atoms with E-state index in [1.54, 1.807) is 38.1 Å². The predicted octanol–water partition coefficient (Wildman–Crippen LogP) is 6.47. The Kier molecular flexibility index (Phi) is 7.61. The van der Waals surface area contributed by atoms with Gasteiger partial charge in [-0.15, -0.1) is 11.3 Å². The maximum absolute atomic E-state index is 13.5. The summed E-state index contributed by atoms with van der Waals surface area (Å²) in [6, 6.07) is 15.7. The first-order valence-electron chi connectivity index (χ1n) is 12.6. The molecular formula is C31H33NO5S. The van der Waals surface area contributed by atoms with E-state index in [0.717, 1.165) is 21.6 Å². The SMILES string of the molecule is Cc1ccc(C(C)(C)C)cc1/C(O)=C1\C(=O)C(=O)N(c2ccc(CC(=O)OC(C)C)cc2)C1c1cccs1. The number of amides is 1. The van der Waals surface area contributed by atoms with Gasteiger partial charge in [0, 0.05) is 16.1 Å². The largest absolute Gasteiger partial charge is 0.507 e. The fraction of sp³-hybridized carbons (Fsp3) is 0.323. The van der Waals surface area contributed by atoms with Crippen molar-refractivity contribution in [3.8, 4) is 0 Å². The Balaban J connectivity index is 1.79. The molecule has 0 bridgehead atoms. The Morgan fingerprint density at radius 2 is 1.76 bits per heavy atom. The van der Waals surface area contributed by atoms with Crippen molar-refractivity contribution >= 4 is 40.4 Å². The van der Waals surface area contributed by atoms with Crippen molar-refractivity contribution in [2.24, 2.45) is 0 Å². The van der Waals surface area contributed by atoms with Crippen LogP contribution in [0.25, 0.3) is 5.76 Å². The average molecular weight is 532 g/mol. The summed E-state index contributed by atoms with van der Waals surface area (Å²) in [5.41, 5.74) is 3.50. The van der Waals surface area contributed by atoms with Gasteiger partial charge >= 0.3 is 5.97 Å². The first-order chi connectivity index (χ1) is 17.9. The summed E-state index contributed by atoms with van der Waals surface area (Å²) in [5, 5.41) is 13.4. The highest BCUT2D eigenvalue weighted by atomic mass is 32.1. The van der Waals surface area contributed by atoms with Crippen molar-refractivity contribution in [1.82, 2.24) is 0 Å². The first kappa shape index (κ1) is 27.3. The Bertz CT molecular complexity index is 1400. The molecule has 38 heavy (non-hydrogen) atoms. The molecule has 0 saturated carbocycles. The van der Waals surface area contributed by atoms with Crippen LogP contribution in [0.2, 0.25) is 0 Å². The molecule has 0 aliphatic carbocycles. The molecule has 2 aromatic carbocycles. The van der Waals surface area contributed by atoms with Crippen LogP contribution in [-0.4, -0.2) is 28.9 Å². The Labute approximate surface area is 227 Å². The van der Waals surface area contributed by atoms with Crippen molar-refractivity contribution in [1.29, 1.82) is 0 Å². The molecule has 198 valence electrons. The van der Waals surface area contributed by atoms with Gasteiger partial charge in [0.05, 0.1) is 18.1 Å². The van der Waals surface area contributed by atoms with Crippen LogP contribution in [-0.2, 0) is 31.0 Å². The molecule has 0 spiro atoms. The van der Waals surface area contributed by atoms with Gasteiger partial charge < -0.3 is 9.84 Å². The van der Waals surface area contributed by atoms with Crippen molar-refractivity contribution in [3.05, 3.63) is 92.7 Å². The van der Waals surface area contributed by atoms with E-state index in [9.17, 15) is 19.5 Å². The molecule has 1 atom stereocenters. The lowest BCUT2D eigenvalue weighted by molar-refractivity contribution is -0.146. The minimum atomic E-state index is -0.774. The van der Waals surface area contributed by atoms with E-state index in [1.807, 2.05) is 42.6 Å². The van der Waals surface area contributed by atoms with E-state index in [-0.39, 0.29) is 35.2 Å². The van der Waals surface area contributed by atoms with Gasteiger partial charge in [-0.3, -0.25) is 19.3 Å². The lowest BCUT2D eigenvalue weighted by Crippen LogP contribution is -2.29. The number of rotatable bonds is 6. The van der Waals surface area contributed by atoms with Gasteiger partial charge in [-0.05, 0) is 72.5 Å². The number of thiophene rings is 1. The van der Waals surface area contributed by atoms with Crippen LogP contribution in [0.5, 0.6) is 0 Å². The summed E-state index contributed by atoms with van der Waals surface area (Å²) in [6.45, 7) is 11.7. The summed E-state index contributed by atoms with van der Waals surface area (Å²) in [5.74, 6) is -1.95. The van der Waals surface area contributed by atoms with Gasteiger partial charge in [-0.2, -0.15) is 0 Å².